The summed E-state index contributed by atoms with van der Waals surface area (Å²) in [5.41, 5.74) is 0. The van der Waals surface area contributed by atoms with Gasteiger partial charge < -0.3 is 31.8 Å². The molecule has 9 heteroatoms. The molecule has 0 aromatic heterocycles. The van der Waals surface area contributed by atoms with Crippen LogP contribution >= 0.6 is 7.82 Å². The molecule has 0 radical (unpaired) electrons. The molecule has 0 saturated carbocycles. The second kappa shape index (κ2) is 11.5. The predicted molar refractivity (Wildman–Crippen MR) is 26.5 cm³/mol. The van der Waals surface area contributed by atoms with Crippen molar-refractivity contribution in [3.8, 4) is 0 Å². The second-order valence-electron chi connectivity index (χ2n) is 0.513. The standard InChI is InChI=1S/Mo.H3N.H3O4P.2H2O/c;;1-5(2,3)4;;/h;1H3;(H3,1,2,3,4);2*1H2. The van der Waals surface area contributed by atoms with Crippen LogP contribution < -0.4 is 6.15 Å². The van der Waals surface area contributed by atoms with E-state index in [9.17, 15) is 0 Å². The minimum absolute atomic E-state index is 0. The third kappa shape index (κ3) is 841. The van der Waals surface area contributed by atoms with Gasteiger partial charge in [0.05, 0.1) is 0 Å². The fourth-order valence-corrected chi connectivity index (χ4v) is 0. The summed E-state index contributed by atoms with van der Waals surface area (Å²) in [5.74, 6) is 0. The van der Waals surface area contributed by atoms with E-state index in [1.807, 2.05) is 0 Å². The Morgan fingerprint density at radius 1 is 1.00 bits per heavy atom. The van der Waals surface area contributed by atoms with E-state index in [-0.39, 0.29) is 38.2 Å². The van der Waals surface area contributed by atoms with Gasteiger partial charge in [-0.15, -0.1) is 0 Å². The van der Waals surface area contributed by atoms with Crippen molar-refractivity contribution in [1.82, 2.24) is 6.15 Å². The summed E-state index contributed by atoms with van der Waals surface area (Å²) in [6.45, 7) is 0. The first-order chi connectivity index (χ1) is 2.00. The molecular weight excluding hydrogens is 237 g/mol. The van der Waals surface area contributed by atoms with Gasteiger partial charge in [-0.2, -0.15) is 0 Å². The molecule has 0 unspecified atom stereocenters. The molecule has 0 aliphatic heterocycles. The van der Waals surface area contributed by atoms with Gasteiger partial charge in [0.25, 0.3) is 0 Å². The molecule has 9 heavy (non-hydrogen) atoms. The quantitative estimate of drug-likeness (QED) is 0.274. The molecule has 0 aliphatic rings. The van der Waals surface area contributed by atoms with Gasteiger partial charge in [0.15, 0.2) is 0 Å². The van der Waals surface area contributed by atoms with Crippen LogP contribution in [0.1, 0.15) is 0 Å². The van der Waals surface area contributed by atoms with Crippen molar-refractivity contribution in [2.45, 2.75) is 0 Å². The topological polar surface area (TPSA) is 176 Å². The molecule has 0 atom stereocenters. The Hall–Kier alpha value is 0.678. The molecule has 0 spiro atoms. The predicted octanol–water partition coefficient (Wildman–Crippen LogP) is -2.42. The molecule has 0 aliphatic carbocycles. The number of phosphoric acid groups is 1. The molecule has 0 aromatic rings. The molecule has 0 aromatic carbocycles. The summed E-state index contributed by atoms with van der Waals surface area (Å²) in [6, 6.07) is 0. The van der Waals surface area contributed by atoms with Gasteiger partial charge in [-0.05, 0) is 0 Å². The van der Waals surface area contributed by atoms with Crippen LogP contribution in [-0.4, -0.2) is 25.6 Å². The summed E-state index contributed by atoms with van der Waals surface area (Å²) < 4.78 is 8.88. The zero-order chi connectivity index (χ0) is 4.50. The maximum Gasteiger partial charge on any atom is 0.466 e. The summed E-state index contributed by atoms with van der Waals surface area (Å²) in [6.07, 6.45) is 0. The Kier molecular flexibility index (Phi) is 42.5. The van der Waals surface area contributed by atoms with Crippen LogP contribution in [0.25, 0.3) is 0 Å². The molecule has 7 nitrogen and oxygen atoms in total. The first-order valence-corrected chi connectivity index (χ1v) is 2.35. The van der Waals surface area contributed by atoms with E-state index >= 15 is 0 Å². The molecule has 0 amide bonds. The summed E-state index contributed by atoms with van der Waals surface area (Å²) in [7, 11) is -4.64. The van der Waals surface area contributed by atoms with E-state index in [4.69, 9.17) is 19.2 Å². The van der Waals surface area contributed by atoms with Crippen LogP contribution in [-0.2, 0) is 25.6 Å². The Morgan fingerprint density at radius 3 is 1.00 bits per heavy atom. The summed E-state index contributed by atoms with van der Waals surface area (Å²) in [5, 5.41) is 0. The van der Waals surface area contributed by atoms with Gasteiger partial charge in [0.2, 0.25) is 0 Å². The molecule has 0 saturated heterocycles. The van der Waals surface area contributed by atoms with Crippen molar-refractivity contribution < 1.29 is 51.3 Å². The normalized spacial score (nSPS) is 6.56. The SMILES string of the molecule is N.O.O.O=P(O)(O)O.[Mo]. The summed E-state index contributed by atoms with van der Waals surface area (Å²) in [4.78, 5) is 21.6. The van der Waals surface area contributed by atoms with Gasteiger partial charge in [0, 0.05) is 21.1 Å². The zero-order valence-corrected chi connectivity index (χ0v) is 7.21. The number of hydrogen-bond donors (Lipinski definition) is 4. The third-order valence-electron chi connectivity index (χ3n) is 0. The van der Waals surface area contributed by atoms with Gasteiger partial charge in [-0.25, -0.2) is 4.57 Å². The van der Waals surface area contributed by atoms with Gasteiger partial charge in [-0.3, -0.25) is 0 Å². The number of rotatable bonds is 0. The summed E-state index contributed by atoms with van der Waals surface area (Å²) >= 11 is 0. The minimum Gasteiger partial charge on any atom is -0.412 e. The zero-order valence-electron chi connectivity index (χ0n) is 4.31. The Morgan fingerprint density at radius 2 is 1.00 bits per heavy atom. The fourth-order valence-electron chi connectivity index (χ4n) is 0. The van der Waals surface area contributed by atoms with Crippen molar-refractivity contribution in [2.24, 2.45) is 0 Å². The number of hydrogen-bond acceptors (Lipinski definition) is 2. The average molecular weight is 247 g/mol. The van der Waals surface area contributed by atoms with E-state index < -0.39 is 7.82 Å². The maximum absolute atomic E-state index is 8.88. The first kappa shape index (κ1) is 33.3. The monoisotopic (exact) mass is 249 g/mol. The van der Waals surface area contributed by atoms with Crippen molar-refractivity contribution >= 4 is 7.82 Å². The van der Waals surface area contributed by atoms with Crippen molar-refractivity contribution in [1.29, 1.82) is 0 Å². The second-order valence-corrected chi connectivity index (χ2v) is 1.54. The Labute approximate surface area is 65.8 Å². The smallest absolute Gasteiger partial charge is 0.412 e. The van der Waals surface area contributed by atoms with Gasteiger partial charge in [0.1, 0.15) is 0 Å². The van der Waals surface area contributed by atoms with Crippen LogP contribution in [0.5, 0.6) is 0 Å². The first-order valence-electron chi connectivity index (χ1n) is 0.783. The Bertz CT molecular complexity index is 59.2. The largest absolute Gasteiger partial charge is 0.466 e. The van der Waals surface area contributed by atoms with Crippen LogP contribution in [0.15, 0.2) is 0 Å². The molecule has 0 rings (SSSR count). The molecule has 0 bridgehead atoms. The van der Waals surface area contributed by atoms with Crippen molar-refractivity contribution in [3.63, 3.8) is 0 Å². The van der Waals surface area contributed by atoms with Crippen LogP contribution in [0.3, 0.4) is 0 Å². The van der Waals surface area contributed by atoms with Crippen LogP contribution in [0.4, 0.5) is 0 Å². The van der Waals surface area contributed by atoms with E-state index in [1.165, 1.54) is 0 Å². The van der Waals surface area contributed by atoms with Gasteiger partial charge in [-0.1, -0.05) is 0 Å². The molecule has 62 valence electrons. The van der Waals surface area contributed by atoms with E-state index in [1.54, 1.807) is 0 Å². The molecule has 0 heterocycles. The van der Waals surface area contributed by atoms with Crippen LogP contribution in [0.2, 0.25) is 0 Å². The average Bonchev–Trinajstić information content (AvgIpc) is 0.722. The van der Waals surface area contributed by atoms with Crippen LogP contribution in [0, 0.1) is 0 Å². The van der Waals surface area contributed by atoms with E-state index in [2.05, 4.69) is 0 Å². The minimum atomic E-state index is -4.64. The molecule has 0 fully saturated rings. The van der Waals surface area contributed by atoms with Crippen molar-refractivity contribution in [3.05, 3.63) is 0 Å². The molecular formula is H10MoNO6P. The van der Waals surface area contributed by atoms with Crippen molar-refractivity contribution in [2.75, 3.05) is 0 Å². The van der Waals surface area contributed by atoms with E-state index in [0.29, 0.717) is 0 Å². The fraction of sp³-hybridized carbons (Fsp3) is 0. The third-order valence-corrected chi connectivity index (χ3v) is 0. The Balaban J connectivity index is -0.0000000133. The maximum atomic E-state index is 8.88. The van der Waals surface area contributed by atoms with Gasteiger partial charge >= 0.3 is 7.82 Å². The van der Waals surface area contributed by atoms with E-state index in [0.717, 1.165) is 0 Å². The molecule has 10 N–H and O–H groups in total.